The molecule has 0 amide bonds. The summed E-state index contributed by atoms with van der Waals surface area (Å²) in [6.07, 6.45) is 1.13. The topological polar surface area (TPSA) is 3.24 Å². The molecule has 1 nitrogen and oxygen atoms in total. The van der Waals surface area contributed by atoms with Gasteiger partial charge in [0.25, 0.3) is 0 Å². The van der Waals surface area contributed by atoms with Crippen molar-refractivity contribution < 1.29 is 0 Å². The number of benzene rings is 1. The van der Waals surface area contributed by atoms with Gasteiger partial charge in [-0.15, -0.1) is 0 Å². The van der Waals surface area contributed by atoms with E-state index in [9.17, 15) is 0 Å². The van der Waals surface area contributed by atoms with Crippen molar-refractivity contribution in [1.82, 2.24) is 4.90 Å². The third-order valence-corrected chi connectivity index (χ3v) is 2.61. The Morgan fingerprint density at radius 2 is 2.17 bits per heavy atom. The Balaban J connectivity index is 2.37. The van der Waals surface area contributed by atoms with Crippen LogP contribution in [0.2, 0.25) is 5.02 Å². The van der Waals surface area contributed by atoms with E-state index in [4.69, 9.17) is 11.6 Å². The van der Waals surface area contributed by atoms with Crippen LogP contribution in [-0.2, 0) is 13.0 Å². The first-order chi connectivity index (χ1) is 5.75. The second-order valence-electron chi connectivity index (χ2n) is 3.40. The second-order valence-corrected chi connectivity index (χ2v) is 3.84. The van der Waals surface area contributed by atoms with Crippen molar-refractivity contribution in [3.63, 3.8) is 0 Å². The van der Waals surface area contributed by atoms with Gasteiger partial charge in [0, 0.05) is 18.1 Å². The van der Waals surface area contributed by atoms with Crippen molar-refractivity contribution in [1.29, 1.82) is 0 Å². The van der Waals surface area contributed by atoms with Crippen LogP contribution < -0.4 is 0 Å². The van der Waals surface area contributed by atoms with E-state index in [1.54, 1.807) is 0 Å². The SMILES string of the molecule is CN1CCc2cc(Cl)ccc2C1. The summed E-state index contributed by atoms with van der Waals surface area (Å²) in [6.45, 7) is 2.21. The maximum Gasteiger partial charge on any atom is 0.0408 e. The number of hydrogen-bond acceptors (Lipinski definition) is 1. The van der Waals surface area contributed by atoms with E-state index < -0.39 is 0 Å². The molecule has 1 aliphatic heterocycles. The van der Waals surface area contributed by atoms with Gasteiger partial charge in [-0.2, -0.15) is 0 Å². The molecule has 0 spiro atoms. The van der Waals surface area contributed by atoms with Crippen LogP contribution in [0, 0.1) is 0 Å². The molecule has 1 heterocycles. The van der Waals surface area contributed by atoms with E-state index in [-0.39, 0.29) is 0 Å². The normalized spacial score (nSPS) is 17.5. The van der Waals surface area contributed by atoms with Gasteiger partial charge in [0.05, 0.1) is 0 Å². The molecule has 0 aliphatic carbocycles. The van der Waals surface area contributed by atoms with E-state index in [0.717, 1.165) is 24.5 Å². The van der Waals surface area contributed by atoms with Gasteiger partial charge in [0.2, 0.25) is 0 Å². The van der Waals surface area contributed by atoms with Gasteiger partial charge >= 0.3 is 0 Å². The van der Waals surface area contributed by atoms with Gasteiger partial charge in [-0.3, -0.25) is 0 Å². The van der Waals surface area contributed by atoms with E-state index in [2.05, 4.69) is 24.1 Å². The van der Waals surface area contributed by atoms with Gasteiger partial charge in [-0.05, 0) is 36.7 Å². The van der Waals surface area contributed by atoms with Crippen LogP contribution in [-0.4, -0.2) is 18.5 Å². The van der Waals surface area contributed by atoms with Gasteiger partial charge in [-0.1, -0.05) is 17.7 Å². The summed E-state index contributed by atoms with van der Waals surface area (Å²) in [6, 6.07) is 6.19. The fraction of sp³-hybridized carbons (Fsp3) is 0.400. The summed E-state index contributed by atoms with van der Waals surface area (Å²) in [5, 5.41) is 0.860. The number of halogens is 1. The highest BCUT2D eigenvalue weighted by Crippen LogP contribution is 2.21. The van der Waals surface area contributed by atoms with Gasteiger partial charge in [0.15, 0.2) is 0 Å². The van der Waals surface area contributed by atoms with E-state index >= 15 is 0 Å². The molecule has 1 aliphatic rings. The number of likely N-dealkylation sites (N-methyl/N-ethyl adjacent to an activating group) is 1. The van der Waals surface area contributed by atoms with Crippen LogP contribution >= 0.6 is 11.6 Å². The first kappa shape index (κ1) is 8.09. The van der Waals surface area contributed by atoms with Crippen LogP contribution in [0.3, 0.4) is 0 Å². The Labute approximate surface area is 77.9 Å². The van der Waals surface area contributed by atoms with Gasteiger partial charge in [0.1, 0.15) is 0 Å². The predicted octanol–water partition coefficient (Wildman–Crippen LogP) is 2.33. The molecule has 1 aromatic carbocycles. The average Bonchev–Trinajstić information content (AvgIpc) is 2.05. The summed E-state index contributed by atoms with van der Waals surface area (Å²) in [5.41, 5.74) is 2.84. The van der Waals surface area contributed by atoms with E-state index in [1.807, 2.05) is 6.07 Å². The van der Waals surface area contributed by atoms with E-state index in [0.29, 0.717) is 0 Å². The monoisotopic (exact) mass is 181 g/mol. The van der Waals surface area contributed by atoms with Crippen LogP contribution in [0.15, 0.2) is 18.2 Å². The Morgan fingerprint density at radius 3 is 3.00 bits per heavy atom. The molecule has 0 N–H and O–H groups in total. The van der Waals surface area contributed by atoms with Gasteiger partial charge < -0.3 is 4.90 Å². The lowest BCUT2D eigenvalue weighted by Crippen LogP contribution is -2.26. The number of rotatable bonds is 0. The first-order valence-corrected chi connectivity index (χ1v) is 4.59. The van der Waals surface area contributed by atoms with Crippen LogP contribution in [0.25, 0.3) is 0 Å². The van der Waals surface area contributed by atoms with Crippen molar-refractivity contribution >= 4 is 11.6 Å². The number of nitrogens with zero attached hydrogens (tertiary/aromatic N) is 1. The summed E-state index contributed by atoms with van der Waals surface area (Å²) in [7, 11) is 2.15. The third-order valence-electron chi connectivity index (χ3n) is 2.37. The van der Waals surface area contributed by atoms with Crippen LogP contribution in [0.1, 0.15) is 11.1 Å². The average molecular weight is 182 g/mol. The summed E-state index contributed by atoms with van der Waals surface area (Å²) in [4.78, 5) is 2.33. The van der Waals surface area contributed by atoms with Crippen LogP contribution in [0.4, 0.5) is 0 Å². The minimum atomic E-state index is 0.860. The quantitative estimate of drug-likeness (QED) is 0.594. The lowest BCUT2D eigenvalue weighted by molar-refractivity contribution is 0.313. The molecular formula is C10H12ClN. The molecule has 1 aromatic rings. The van der Waals surface area contributed by atoms with Crippen molar-refractivity contribution in [2.75, 3.05) is 13.6 Å². The lowest BCUT2D eigenvalue weighted by atomic mass is 10.0. The molecule has 0 aromatic heterocycles. The maximum absolute atomic E-state index is 5.90. The molecule has 0 atom stereocenters. The standard InChI is InChI=1S/C10H12ClN/c1-12-5-4-8-6-10(11)3-2-9(8)7-12/h2-3,6H,4-5,7H2,1H3. The molecule has 12 heavy (non-hydrogen) atoms. The fourth-order valence-electron chi connectivity index (χ4n) is 1.66. The molecule has 0 saturated carbocycles. The van der Waals surface area contributed by atoms with E-state index in [1.165, 1.54) is 11.1 Å². The molecule has 0 unspecified atom stereocenters. The molecule has 2 rings (SSSR count). The highest BCUT2D eigenvalue weighted by molar-refractivity contribution is 6.30. The summed E-state index contributed by atoms with van der Waals surface area (Å²) in [5.74, 6) is 0. The molecule has 0 radical (unpaired) electrons. The Morgan fingerprint density at radius 1 is 1.33 bits per heavy atom. The van der Waals surface area contributed by atoms with Gasteiger partial charge in [-0.25, -0.2) is 0 Å². The Bertz CT molecular complexity index is 296. The lowest BCUT2D eigenvalue weighted by Gasteiger charge is -2.24. The molecule has 0 fully saturated rings. The largest absolute Gasteiger partial charge is 0.302 e. The summed E-state index contributed by atoms with van der Waals surface area (Å²) < 4.78 is 0. The minimum Gasteiger partial charge on any atom is -0.302 e. The fourth-order valence-corrected chi connectivity index (χ4v) is 1.86. The second kappa shape index (κ2) is 3.08. The zero-order valence-electron chi connectivity index (χ0n) is 7.18. The number of hydrogen-bond donors (Lipinski definition) is 0. The Kier molecular flexibility index (Phi) is 2.07. The van der Waals surface area contributed by atoms with Crippen molar-refractivity contribution in [2.45, 2.75) is 13.0 Å². The zero-order valence-corrected chi connectivity index (χ0v) is 7.93. The van der Waals surface area contributed by atoms with Crippen molar-refractivity contribution in [3.05, 3.63) is 34.3 Å². The highest BCUT2D eigenvalue weighted by atomic mass is 35.5. The zero-order chi connectivity index (χ0) is 8.55. The molecule has 0 saturated heterocycles. The van der Waals surface area contributed by atoms with Crippen molar-refractivity contribution in [3.8, 4) is 0 Å². The Hall–Kier alpha value is -0.530. The smallest absolute Gasteiger partial charge is 0.0408 e. The molecule has 2 heteroatoms. The molecular weight excluding hydrogens is 170 g/mol. The molecule has 64 valence electrons. The predicted molar refractivity (Wildman–Crippen MR) is 51.5 cm³/mol. The highest BCUT2D eigenvalue weighted by Gasteiger charge is 2.12. The maximum atomic E-state index is 5.90. The summed E-state index contributed by atoms with van der Waals surface area (Å²) >= 11 is 5.90. The minimum absolute atomic E-state index is 0.860. The first-order valence-electron chi connectivity index (χ1n) is 4.21. The van der Waals surface area contributed by atoms with Crippen molar-refractivity contribution in [2.24, 2.45) is 0 Å². The third kappa shape index (κ3) is 1.47. The van der Waals surface area contributed by atoms with Crippen LogP contribution in [0.5, 0.6) is 0 Å². The number of fused-ring (bicyclic) bond motifs is 1. The molecule has 0 bridgehead atoms.